The lowest BCUT2D eigenvalue weighted by Gasteiger charge is -2.02. The lowest BCUT2D eigenvalue weighted by Crippen LogP contribution is -1.84. The Kier molecular flexibility index (Phi) is 2.19. The van der Waals surface area contributed by atoms with Crippen LogP contribution in [0.4, 0.5) is 11.4 Å². The molecular weight excluding hydrogens is 156 g/mol. The van der Waals surface area contributed by atoms with Gasteiger partial charge in [-0.05, 0) is 13.0 Å². The Morgan fingerprint density at radius 2 is 2.00 bits per heavy atom. The third kappa shape index (κ3) is 1.47. The summed E-state index contributed by atoms with van der Waals surface area (Å²) in [4.78, 5) is 3.84. The van der Waals surface area contributed by atoms with E-state index in [0.717, 1.165) is 6.07 Å². The molecule has 0 heterocycles. The van der Waals surface area contributed by atoms with E-state index < -0.39 is 0 Å². The Morgan fingerprint density at radius 1 is 1.33 bits per heavy atom. The number of aromatic hydroxyl groups is 2. The van der Waals surface area contributed by atoms with Crippen LogP contribution in [0.1, 0.15) is 6.92 Å². The van der Waals surface area contributed by atoms with Crippen LogP contribution in [0.2, 0.25) is 0 Å². The molecule has 0 saturated heterocycles. The summed E-state index contributed by atoms with van der Waals surface area (Å²) in [6.45, 7) is 1.72. The van der Waals surface area contributed by atoms with Crippen molar-refractivity contribution in [3.63, 3.8) is 0 Å². The van der Waals surface area contributed by atoms with Gasteiger partial charge in [0, 0.05) is 12.3 Å². The van der Waals surface area contributed by atoms with Crippen LogP contribution in [0.25, 0.3) is 0 Å². The minimum atomic E-state index is -0.137. The molecule has 0 aromatic heterocycles. The fraction of sp³-hybridized carbons (Fsp3) is 0.125. The van der Waals surface area contributed by atoms with E-state index in [1.165, 1.54) is 12.3 Å². The van der Waals surface area contributed by atoms with Crippen molar-refractivity contribution in [2.45, 2.75) is 6.92 Å². The number of phenols is 2. The van der Waals surface area contributed by atoms with Crippen molar-refractivity contribution in [1.82, 2.24) is 0 Å². The maximum Gasteiger partial charge on any atom is 0.145 e. The molecule has 0 fully saturated rings. The van der Waals surface area contributed by atoms with E-state index in [9.17, 15) is 5.11 Å². The molecule has 4 heteroatoms. The lowest BCUT2D eigenvalue weighted by atomic mass is 10.2. The van der Waals surface area contributed by atoms with Crippen molar-refractivity contribution in [1.29, 1.82) is 0 Å². The van der Waals surface area contributed by atoms with Gasteiger partial charge >= 0.3 is 0 Å². The molecule has 1 rings (SSSR count). The molecule has 0 spiro atoms. The van der Waals surface area contributed by atoms with Gasteiger partial charge in [0.15, 0.2) is 0 Å². The van der Waals surface area contributed by atoms with E-state index in [-0.39, 0.29) is 17.2 Å². The molecule has 4 N–H and O–H groups in total. The zero-order valence-electron chi connectivity index (χ0n) is 6.65. The smallest absolute Gasteiger partial charge is 0.145 e. The fourth-order valence-electron chi connectivity index (χ4n) is 0.824. The van der Waals surface area contributed by atoms with Gasteiger partial charge in [-0.1, -0.05) is 0 Å². The number of anilines is 1. The van der Waals surface area contributed by atoms with Gasteiger partial charge in [-0.3, -0.25) is 4.99 Å². The van der Waals surface area contributed by atoms with Crippen LogP contribution in [-0.4, -0.2) is 16.4 Å². The highest BCUT2D eigenvalue weighted by molar-refractivity contribution is 5.70. The molecule has 0 bridgehead atoms. The standard InChI is InChI=1S/C8H10N2O2/c1-2-10-6-3-5(9)7(11)4-8(6)12/h2-4,11-12H,9H2,1H3/b10-2+. The highest BCUT2D eigenvalue weighted by Gasteiger charge is 2.03. The van der Waals surface area contributed by atoms with Crippen molar-refractivity contribution in [2.75, 3.05) is 5.73 Å². The van der Waals surface area contributed by atoms with E-state index in [1.807, 2.05) is 0 Å². The minimum absolute atomic E-state index is 0.0835. The molecule has 1 aromatic carbocycles. The van der Waals surface area contributed by atoms with Crippen molar-refractivity contribution < 1.29 is 10.2 Å². The number of nitrogens with two attached hydrogens (primary N) is 1. The van der Waals surface area contributed by atoms with E-state index in [4.69, 9.17) is 10.8 Å². The first kappa shape index (κ1) is 8.39. The van der Waals surface area contributed by atoms with E-state index in [2.05, 4.69) is 4.99 Å². The van der Waals surface area contributed by atoms with Gasteiger partial charge in [0.05, 0.1) is 5.69 Å². The van der Waals surface area contributed by atoms with E-state index in [0.29, 0.717) is 5.69 Å². The van der Waals surface area contributed by atoms with Gasteiger partial charge in [0.1, 0.15) is 17.2 Å². The first-order valence-electron chi connectivity index (χ1n) is 3.45. The summed E-state index contributed by atoms with van der Waals surface area (Å²) < 4.78 is 0. The number of nitrogens with zero attached hydrogens (tertiary/aromatic N) is 1. The number of nitrogen functional groups attached to an aromatic ring is 1. The SMILES string of the molecule is C/C=N/c1cc(N)c(O)cc1O. The zero-order valence-corrected chi connectivity index (χ0v) is 6.65. The van der Waals surface area contributed by atoms with Gasteiger partial charge in [-0.2, -0.15) is 0 Å². The third-order valence-corrected chi connectivity index (χ3v) is 1.39. The summed E-state index contributed by atoms with van der Waals surface area (Å²) in [5, 5.41) is 18.3. The van der Waals surface area contributed by atoms with Crippen molar-refractivity contribution >= 4 is 17.6 Å². The Morgan fingerprint density at radius 3 is 2.58 bits per heavy atom. The van der Waals surface area contributed by atoms with E-state index in [1.54, 1.807) is 6.92 Å². The Bertz CT molecular complexity index is 321. The molecule has 12 heavy (non-hydrogen) atoms. The summed E-state index contributed by atoms with van der Waals surface area (Å²) in [5.41, 5.74) is 5.94. The Labute approximate surface area is 70.0 Å². The van der Waals surface area contributed by atoms with Crippen LogP contribution < -0.4 is 5.73 Å². The maximum atomic E-state index is 9.22. The fourth-order valence-corrected chi connectivity index (χ4v) is 0.824. The number of rotatable bonds is 1. The number of phenolic OH excluding ortho intramolecular Hbond substituents is 2. The number of aliphatic imine (C=N–C) groups is 1. The second kappa shape index (κ2) is 3.13. The molecule has 0 atom stereocenters. The van der Waals surface area contributed by atoms with Crippen molar-refractivity contribution in [3.05, 3.63) is 12.1 Å². The second-order valence-corrected chi connectivity index (χ2v) is 2.29. The molecule has 64 valence electrons. The first-order valence-corrected chi connectivity index (χ1v) is 3.45. The molecule has 1 aromatic rings. The van der Waals surface area contributed by atoms with Crippen LogP contribution >= 0.6 is 0 Å². The van der Waals surface area contributed by atoms with Crippen LogP contribution in [0.3, 0.4) is 0 Å². The lowest BCUT2D eigenvalue weighted by molar-refractivity contribution is 0.453. The quantitative estimate of drug-likeness (QED) is 0.255. The van der Waals surface area contributed by atoms with Crippen LogP contribution in [0.15, 0.2) is 17.1 Å². The number of hydrogen-bond donors (Lipinski definition) is 3. The molecule has 0 unspecified atom stereocenters. The van der Waals surface area contributed by atoms with Gasteiger partial charge in [0.2, 0.25) is 0 Å². The summed E-state index contributed by atoms with van der Waals surface area (Å²) in [6.07, 6.45) is 1.53. The summed E-state index contributed by atoms with van der Waals surface area (Å²) in [6, 6.07) is 2.57. The highest BCUT2D eigenvalue weighted by Crippen LogP contribution is 2.34. The van der Waals surface area contributed by atoms with Crippen molar-refractivity contribution in [3.8, 4) is 11.5 Å². The van der Waals surface area contributed by atoms with Gasteiger partial charge in [-0.25, -0.2) is 0 Å². The average molecular weight is 166 g/mol. The average Bonchev–Trinajstić information content (AvgIpc) is 2.01. The second-order valence-electron chi connectivity index (χ2n) is 2.29. The predicted molar refractivity (Wildman–Crippen MR) is 48.0 cm³/mol. The predicted octanol–water partition coefficient (Wildman–Crippen LogP) is 1.40. The third-order valence-electron chi connectivity index (χ3n) is 1.39. The molecular formula is C8H10N2O2. The first-order chi connectivity index (χ1) is 5.65. The molecule has 0 amide bonds. The minimum Gasteiger partial charge on any atom is -0.506 e. The highest BCUT2D eigenvalue weighted by atomic mass is 16.3. The number of hydrogen-bond acceptors (Lipinski definition) is 4. The van der Waals surface area contributed by atoms with Crippen LogP contribution in [0.5, 0.6) is 11.5 Å². The summed E-state index contributed by atoms with van der Waals surface area (Å²) in [7, 11) is 0. The van der Waals surface area contributed by atoms with Gasteiger partial charge in [0.25, 0.3) is 0 Å². The summed E-state index contributed by atoms with van der Waals surface area (Å²) in [5.74, 6) is -0.220. The Balaban J connectivity index is 3.23. The number of benzene rings is 1. The molecule has 0 radical (unpaired) electrons. The molecule has 0 aliphatic rings. The molecule has 0 aliphatic heterocycles. The monoisotopic (exact) mass is 166 g/mol. The Hall–Kier alpha value is -1.71. The van der Waals surface area contributed by atoms with Crippen LogP contribution in [0, 0.1) is 0 Å². The van der Waals surface area contributed by atoms with Crippen LogP contribution in [-0.2, 0) is 0 Å². The molecule has 4 nitrogen and oxygen atoms in total. The topological polar surface area (TPSA) is 78.8 Å². The largest absolute Gasteiger partial charge is 0.506 e. The maximum absolute atomic E-state index is 9.22. The molecule has 0 saturated carbocycles. The van der Waals surface area contributed by atoms with Crippen molar-refractivity contribution in [2.24, 2.45) is 4.99 Å². The normalized spacial score (nSPS) is 10.8. The molecule has 0 aliphatic carbocycles. The van der Waals surface area contributed by atoms with Gasteiger partial charge in [-0.15, -0.1) is 0 Å². The zero-order chi connectivity index (χ0) is 9.14. The van der Waals surface area contributed by atoms with E-state index >= 15 is 0 Å². The summed E-state index contributed by atoms with van der Waals surface area (Å²) >= 11 is 0. The van der Waals surface area contributed by atoms with Gasteiger partial charge < -0.3 is 15.9 Å².